The summed E-state index contributed by atoms with van der Waals surface area (Å²) < 4.78 is 1.81. The van der Waals surface area contributed by atoms with Crippen molar-refractivity contribution in [3.8, 4) is 5.69 Å². The van der Waals surface area contributed by atoms with E-state index in [-0.39, 0.29) is 5.91 Å². The molecule has 1 aromatic carbocycles. The van der Waals surface area contributed by atoms with E-state index in [1.165, 1.54) is 0 Å². The van der Waals surface area contributed by atoms with Crippen molar-refractivity contribution >= 4 is 5.91 Å². The maximum absolute atomic E-state index is 12.4. The molecule has 0 unspecified atom stereocenters. The third-order valence-electron chi connectivity index (χ3n) is 4.03. The van der Waals surface area contributed by atoms with Crippen LogP contribution in [0.5, 0.6) is 0 Å². The highest BCUT2D eigenvalue weighted by Gasteiger charge is 2.25. The van der Waals surface area contributed by atoms with Crippen molar-refractivity contribution in [2.24, 2.45) is 0 Å². The summed E-state index contributed by atoms with van der Waals surface area (Å²) in [6.07, 6.45) is 4.05. The molecule has 2 heterocycles. The van der Waals surface area contributed by atoms with E-state index in [4.69, 9.17) is 5.10 Å². The zero-order valence-electron chi connectivity index (χ0n) is 12.9. The van der Waals surface area contributed by atoms with E-state index in [2.05, 4.69) is 10.6 Å². The van der Waals surface area contributed by atoms with Crippen LogP contribution in [-0.2, 0) is 0 Å². The number of carbonyl (C=O) groups excluding carboxylic acids is 1. The van der Waals surface area contributed by atoms with E-state index in [0.29, 0.717) is 18.0 Å². The number of rotatable bonds is 4. The van der Waals surface area contributed by atoms with Crippen molar-refractivity contribution in [3.63, 3.8) is 0 Å². The van der Waals surface area contributed by atoms with Gasteiger partial charge in [0.05, 0.1) is 16.9 Å². The molecule has 2 N–H and O–H groups in total. The van der Waals surface area contributed by atoms with Gasteiger partial charge in [0, 0.05) is 25.2 Å². The molecule has 1 aromatic heterocycles. The van der Waals surface area contributed by atoms with Crippen LogP contribution in [0.2, 0.25) is 0 Å². The lowest BCUT2D eigenvalue weighted by Crippen LogP contribution is -2.30. The van der Waals surface area contributed by atoms with E-state index < -0.39 is 0 Å². The van der Waals surface area contributed by atoms with Crippen LogP contribution in [0.25, 0.3) is 5.69 Å². The molecule has 22 heavy (non-hydrogen) atoms. The quantitative estimate of drug-likeness (QED) is 0.908. The average Bonchev–Trinajstić information content (AvgIpc) is 3.02. The molecule has 1 aliphatic heterocycles. The molecule has 1 amide bonds. The number of aromatic nitrogens is 2. The largest absolute Gasteiger partial charge is 0.352 e. The van der Waals surface area contributed by atoms with Gasteiger partial charge in [-0.15, -0.1) is 0 Å². The number of hydrogen-bond donors (Lipinski definition) is 2. The number of nitrogens with one attached hydrogen (secondary N) is 2. The van der Waals surface area contributed by atoms with Crippen LogP contribution in [-0.4, -0.2) is 35.3 Å². The molecule has 0 saturated carbocycles. The Morgan fingerprint density at radius 2 is 2.23 bits per heavy atom. The lowest BCUT2D eigenvalue weighted by Gasteiger charge is -2.21. The van der Waals surface area contributed by atoms with Gasteiger partial charge in [0.1, 0.15) is 0 Å². The first-order valence-electron chi connectivity index (χ1n) is 7.93. The minimum atomic E-state index is -0.0368. The molecule has 116 valence electrons. The van der Waals surface area contributed by atoms with Gasteiger partial charge in [0.25, 0.3) is 5.91 Å². The molecular formula is C17H22N4O. The lowest BCUT2D eigenvalue weighted by atomic mass is 9.93. The van der Waals surface area contributed by atoms with E-state index in [9.17, 15) is 4.79 Å². The van der Waals surface area contributed by atoms with Crippen LogP contribution in [0.4, 0.5) is 0 Å². The molecule has 0 aliphatic carbocycles. The van der Waals surface area contributed by atoms with Crippen molar-refractivity contribution in [1.29, 1.82) is 0 Å². The van der Waals surface area contributed by atoms with E-state index >= 15 is 0 Å². The van der Waals surface area contributed by atoms with Crippen molar-refractivity contribution in [2.75, 3.05) is 19.6 Å². The second kappa shape index (κ2) is 6.75. The minimum absolute atomic E-state index is 0.0368. The lowest BCUT2D eigenvalue weighted by molar-refractivity contribution is 0.0954. The van der Waals surface area contributed by atoms with Crippen LogP contribution in [0.3, 0.4) is 0 Å². The number of nitrogens with zero attached hydrogens (tertiary/aromatic N) is 2. The summed E-state index contributed by atoms with van der Waals surface area (Å²) in [4.78, 5) is 12.4. The van der Waals surface area contributed by atoms with Gasteiger partial charge in [0.2, 0.25) is 0 Å². The van der Waals surface area contributed by atoms with E-state index in [1.54, 1.807) is 0 Å². The Morgan fingerprint density at radius 1 is 1.41 bits per heavy atom. The molecule has 1 fully saturated rings. The van der Waals surface area contributed by atoms with Gasteiger partial charge in [-0.3, -0.25) is 4.79 Å². The number of para-hydroxylation sites is 1. The fourth-order valence-corrected chi connectivity index (χ4v) is 2.92. The normalized spacial score (nSPS) is 18.1. The summed E-state index contributed by atoms with van der Waals surface area (Å²) in [7, 11) is 0. The zero-order chi connectivity index (χ0) is 15.4. The Bertz CT molecular complexity index is 629. The topological polar surface area (TPSA) is 59.0 Å². The first kappa shape index (κ1) is 14.8. The van der Waals surface area contributed by atoms with Gasteiger partial charge in [-0.2, -0.15) is 5.10 Å². The van der Waals surface area contributed by atoms with Crippen LogP contribution < -0.4 is 10.6 Å². The van der Waals surface area contributed by atoms with Crippen LogP contribution in [0.15, 0.2) is 36.5 Å². The molecular weight excluding hydrogens is 276 g/mol. The van der Waals surface area contributed by atoms with Gasteiger partial charge in [-0.1, -0.05) is 18.2 Å². The fourth-order valence-electron chi connectivity index (χ4n) is 2.92. The van der Waals surface area contributed by atoms with E-state index in [1.807, 2.05) is 48.1 Å². The number of benzene rings is 1. The summed E-state index contributed by atoms with van der Waals surface area (Å²) in [6.45, 7) is 4.49. The SMILES string of the molecule is CCNC(=O)c1cn(-c2ccccc2)nc1[C@H]1CCCNC1. The first-order valence-corrected chi connectivity index (χ1v) is 7.93. The number of amides is 1. The molecule has 1 saturated heterocycles. The zero-order valence-corrected chi connectivity index (χ0v) is 12.9. The minimum Gasteiger partial charge on any atom is -0.352 e. The van der Waals surface area contributed by atoms with Gasteiger partial charge < -0.3 is 10.6 Å². The van der Waals surface area contributed by atoms with Crippen molar-refractivity contribution in [1.82, 2.24) is 20.4 Å². The van der Waals surface area contributed by atoms with Crippen LogP contribution in [0, 0.1) is 0 Å². The predicted octanol–water partition coefficient (Wildman–Crippen LogP) is 2.09. The van der Waals surface area contributed by atoms with Crippen LogP contribution >= 0.6 is 0 Å². The number of hydrogen-bond acceptors (Lipinski definition) is 3. The summed E-state index contributed by atoms with van der Waals surface area (Å²) in [5.41, 5.74) is 2.57. The second-order valence-electron chi connectivity index (χ2n) is 5.61. The summed E-state index contributed by atoms with van der Waals surface area (Å²) in [5, 5.41) is 11.0. The van der Waals surface area contributed by atoms with E-state index in [0.717, 1.165) is 37.3 Å². The predicted molar refractivity (Wildman–Crippen MR) is 86.4 cm³/mol. The maximum Gasteiger partial charge on any atom is 0.254 e. The summed E-state index contributed by atoms with van der Waals surface area (Å²) in [5.74, 6) is 0.265. The van der Waals surface area contributed by atoms with Crippen molar-refractivity contribution in [2.45, 2.75) is 25.7 Å². The standard InChI is InChI=1S/C17H22N4O/c1-2-19-17(22)15-12-21(14-8-4-3-5-9-14)20-16(15)13-7-6-10-18-11-13/h3-5,8-9,12-13,18H,2,6-7,10-11H2,1H3,(H,19,22)/t13-/m0/s1. The summed E-state index contributed by atoms with van der Waals surface area (Å²) >= 11 is 0. The molecule has 0 spiro atoms. The van der Waals surface area contributed by atoms with Gasteiger partial charge >= 0.3 is 0 Å². The average molecular weight is 298 g/mol. The molecule has 3 rings (SSSR count). The highest BCUT2D eigenvalue weighted by atomic mass is 16.1. The molecule has 5 nitrogen and oxygen atoms in total. The molecule has 0 radical (unpaired) electrons. The van der Waals surface area contributed by atoms with Crippen LogP contribution in [0.1, 0.15) is 41.7 Å². The third-order valence-corrected chi connectivity index (χ3v) is 4.03. The number of carbonyl (C=O) groups is 1. The summed E-state index contributed by atoms with van der Waals surface area (Å²) in [6, 6.07) is 9.92. The Hall–Kier alpha value is -2.14. The molecule has 0 bridgehead atoms. The van der Waals surface area contributed by atoms with Gasteiger partial charge in [-0.05, 0) is 38.4 Å². The molecule has 1 atom stereocenters. The highest BCUT2D eigenvalue weighted by Crippen LogP contribution is 2.26. The maximum atomic E-state index is 12.4. The Kier molecular flexibility index (Phi) is 4.53. The second-order valence-corrected chi connectivity index (χ2v) is 5.61. The number of piperidine rings is 1. The van der Waals surface area contributed by atoms with Crippen molar-refractivity contribution in [3.05, 3.63) is 47.8 Å². The first-order chi connectivity index (χ1) is 10.8. The molecule has 5 heteroatoms. The van der Waals surface area contributed by atoms with Gasteiger partial charge in [-0.25, -0.2) is 4.68 Å². The third kappa shape index (κ3) is 3.04. The Balaban J connectivity index is 1.98. The Labute approximate surface area is 130 Å². The fraction of sp³-hybridized carbons (Fsp3) is 0.412. The monoisotopic (exact) mass is 298 g/mol. The highest BCUT2D eigenvalue weighted by molar-refractivity contribution is 5.95. The smallest absolute Gasteiger partial charge is 0.254 e. The van der Waals surface area contributed by atoms with Crippen molar-refractivity contribution < 1.29 is 4.79 Å². The molecule has 2 aromatic rings. The Morgan fingerprint density at radius 3 is 2.91 bits per heavy atom. The van der Waals surface area contributed by atoms with Gasteiger partial charge in [0.15, 0.2) is 0 Å². The molecule has 1 aliphatic rings.